The maximum atomic E-state index is 5.31. The van der Waals surface area contributed by atoms with Gasteiger partial charge in [0.1, 0.15) is 0 Å². The third-order valence-electron chi connectivity index (χ3n) is 2.44. The smallest absolute Gasteiger partial charge is 0.0587 e. The third-order valence-corrected chi connectivity index (χ3v) is 2.44. The lowest BCUT2D eigenvalue weighted by Crippen LogP contribution is -2.35. The van der Waals surface area contributed by atoms with E-state index >= 15 is 0 Å². The quantitative estimate of drug-likeness (QED) is 0.619. The average Bonchev–Trinajstić information content (AvgIpc) is 2.56. The molecule has 0 bridgehead atoms. The summed E-state index contributed by atoms with van der Waals surface area (Å²) < 4.78 is 10.3. The summed E-state index contributed by atoms with van der Waals surface area (Å²) in [6, 6.07) is 0.558. The van der Waals surface area contributed by atoms with E-state index in [1.807, 2.05) is 0 Å². The Morgan fingerprint density at radius 2 is 2.50 bits per heavy atom. The number of ether oxygens (including phenoxy) is 2. The zero-order valence-corrected chi connectivity index (χ0v) is 8.01. The van der Waals surface area contributed by atoms with Crippen molar-refractivity contribution in [3.8, 4) is 0 Å². The van der Waals surface area contributed by atoms with E-state index in [0.717, 1.165) is 26.4 Å². The van der Waals surface area contributed by atoms with Crippen molar-refractivity contribution >= 4 is 0 Å². The molecule has 0 amide bonds. The van der Waals surface area contributed by atoms with Crippen LogP contribution < -0.4 is 5.32 Å². The van der Waals surface area contributed by atoms with Gasteiger partial charge >= 0.3 is 0 Å². The minimum absolute atomic E-state index is 0.558. The second kappa shape index (κ2) is 5.51. The highest BCUT2D eigenvalue weighted by atomic mass is 16.5. The van der Waals surface area contributed by atoms with Crippen LogP contribution in [0.1, 0.15) is 13.3 Å². The van der Waals surface area contributed by atoms with Gasteiger partial charge in [-0.1, -0.05) is 0 Å². The Hall–Kier alpha value is -0.120. The van der Waals surface area contributed by atoms with Gasteiger partial charge in [0.15, 0.2) is 0 Å². The predicted molar refractivity (Wildman–Crippen MR) is 48.3 cm³/mol. The minimum Gasteiger partial charge on any atom is -0.383 e. The lowest BCUT2D eigenvalue weighted by Gasteiger charge is -2.18. The lowest BCUT2D eigenvalue weighted by atomic mass is 10.0. The Balaban J connectivity index is 2.05. The number of nitrogens with one attached hydrogen (secondary N) is 1. The van der Waals surface area contributed by atoms with Crippen LogP contribution in [0, 0.1) is 5.92 Å². The van der Waals surface area contributed by atoms with Gasteiger partial charge in [0.2, 0.25) is 0 Å². The molecule has 1 aliphatic heterocycles. The Morgan fingerprint density at radius 1 is 1.67 bits per heavy atom. The Bertz CT molecular complexity index is 113. The fourth-order valence-electron chi connectivity index (χ4n) is 1.50. The van der Waals surface area contributed by atoms with E-state index in [0.29, 0.717) is 12.0 Å². The summed E-state index contributed by atoms with van der Waals surface area (Å²) >= 11 is 0. The largest absolute Gasteiger partial charge is 0.383 e. The first-order chi connectivity index (χ1) is 5.84. The van der Waals surface area contributed by atoms with Gasteiger partial charge in [0.05, 0.1) is 13.2 Å². The van der Waals surface area contributed by atoms with E-state index in [9.17, 15) is 0 Å². The topological polar surface area (TPSA) is 30.5 Å². The maximum absolute atomic E-state index is 5.31. The second-order valence-corrected chi connectivity index (χ2v) is 3.36. The zero-order valence-electron chi connectivity index (χ0n) is 8.01. The van der Waals surface area contributed by atoms with Crippen molar-refractivity contribution in [3.63, 3.8) is 0 Å². The molecule has 0 aromatic heterocycles. The third kappa shape index (κ3) is 3.09. The zero-order chi connectivity index (χ0) is 8.81. The number of methoxy groups -OCH3 is 1. The fourth-order valence-corrected chi connectivity index (χ4v) is 1.50. The van der Waals surface area contributed by atoms with Gasteiger partial charge in [-0.3, -0.25) is 0 Å². The maximum Gasteiger partial charge on any atom is 0.0587 e. The van der Waals surface area contributed by atoms with E-state index < -0.39 is 0 Å². The molecule has 1 saturated heterocycles. The number of rotatable bonds is 5. The monoisotopic (exact) mass is 173 g/mol. The van der Waals surface area contributed by atoms with Crippen LogP contribution in [0.25, 0.3) is 0 Å². The molecule has 1 aliphatic rings. The summed E-state index contributed by atoms with van der Waals surface area (Å²) in [4.78, 5) is 0. The molecule has 1 N–H and O–H groups in total. The first-order valence-corrected chi connectivity index (χ1v) is 4.64. The Kier molecular flexibility index (Phi) is 4.58. The summed E-state index contributed by atoms with van der Waals surface area (Å²) in [5, 5.41) is 3.42. The van der Waals surface area contributed by atoms with Crippen LogP contribution in [-0.2, 0) is 9.47 Å². The standard InChI is InChI=1S/C9H19NO2/c1-8(10-4-6-11-2)9-3-5-12-7-9/h8-10H,3-7H2,1-2H3. The SMILES string of the molecule is COCCNC(C)C1CCOC1. The normalized spacial score (nSPS) is 26.0. The van der Waals surface area contributed by atoms with Crippen molar-refractivity contribution < 1.29 is 9.47 Å². The molecule has 3 nitrogen and oxygen atoms in total. The molecule has 72 valence electrons. The summed E-state index contributed by atoms with van der Waals surface area (Å²) in [6.07, 6.45) is 1.20. The molecule has 0 spiro atoms. The molecule has 1 heterocycles. The molecule has 0 aromatic rings. The molecule has 1 fully saturated rings. The van der Waals surface area contributed by atoms with Crippen molar-refractivity contribution in [2.45, 2.75) is 19.4 Å². The van der Waals surface area contributed by atoms with Crippen LogP contribution >= 0.6 is 0 Å². The molecule has 12 heavy (non-hydrogen) atoms. The summed E-state index contributed by atoms with van der Waals surface area (Å²) in [5.41, 5.74) is 0. The van der Waals surface area contributed by atoms with Gasteiger partial charge < -0.3 is 14.8 Å². The minimum atomic E-state index is 0.558. The average molecular weight is 173 g/mol. The van der Waals surface area contributed by atoms with Crippen LogP contribution in [-0.4, -0.2) is 39.5 Å². The molecule has 2 unspecified atom stereocenters. The van der Waals surface area contributed by atoms with Crippen LogP contribution in [0.4, 0.5) is 0 Å². The lowest BCUT2D eigenvalue weighted by molar-refractivity contribution is 0.170. The van der Waals surface area contributed by atoms with E-state index in [4.69, 9.17) is 9.47 Å². The van der Waals surface area contributed by atoms with Crippen molar-refractivity contribution in [1.82, 2.24) is 5.32 Å². The molecule has 2 atom stereocenters. The van der Waals surface area contributed by atoms with Gasteiger partial charge in [-0.2, -0.15) is 0 Å². The molecular formula is C9H19NO2. The van der Waals surface area contributed by atoms with Crippen LogP contribution in [0.3, 0.4) is 0 Å². The van der Waals surface area contributed by atoms with Gasteiger partial charge in [-0.25, -0.2) is 0 Å². The van der Waals surface area contributed by atoms with E-state index in [1.54, 1.807) is 7.11 Å². The highest BCUT2D eigenvalue weighted by Gasteiger charge is 2.21. The number of hydrogen-bond donors (Lipinski definition) is 1. The van der Waals surface area contributed by atoms with E-state index in [1.165, 1.54) is 6.42 Å². The van der Waals surface area contributed by atoms with Crippen molar-refractivity contribution in [3.05, 3.63) is 0 Å². The molecular weight excluding hydrogens is 154 g/mol. The first-order valence-electron chi connectivity index (χ1n) is 4.64. The van der Waals surface area contributed by atoms with Gasteiger partial charge in [0, 0.05) is 26.3 Å². The predicted octanol–water partition coefficient (Wildman–Crippen LogP) is 0.647. The summed E-state index contributed by atoms with van der Waals surface area (Å²) in [7, 11) is 1.73. The molecule has 0 aliphatic carbocycles. The summed E-state index contributed by atoms with van der Waals surface area (Å²) in [6.45, 7) is 5.79. The Morgan fingerprint density at radius 3 is 3.08 bits per heavy atom. The van der Waals surface area contributed by atoms with Gasteiger partial charge in [-0.15, -0.1) is 0 Å². The van der Waals surface area contributed by atoms with Crippen molar-refractivity contribution in [2.75, 3.05) is 33.5 Å². The highest BCUT2D eigenvalue weighted by Crippen LogP contribution is 2.15. The highest BCUT2D eigenvalue weighted by molar-refractivity contribution is 4.75. The van der Waals surface area contributed by atoms with E-state index in [2.05, 4.69) is 12.2 Å². The summed E-state index contributed by atoms with van der Waals surface area (Å²) in [5.74, 6) is 0.696. The second-order valence-electron chi connectivity index (χ2n) is 3.36. The molecule has 0 aromatic carbocycles. The Labute approximate surface area is 74.4 Å². The first kappa shape index (κ1) is 9.96. The van der Waals surface area contributed by atoms with Crippen LogP contribution in [0.2, 0.25) is 0 Å². The van der Waals surface area contributed by atoms with Gasteiger partial charge in [-0.05, 0) is 19.3 Å². The number of hydrogen-bond acceptors (Lipinski definition) is 3. The van der Waals surface area contributed by atoms with Crippen molar-refractivity contribution in [1.29, 1.82) is 0 Å². The molecule has 0 radical (unpaired) electrons. The fraction of sp³-hybridized carbons (Fsp3) is 1.00. The van der Waals surface area contributed by atoms with Gasteiger partial charge in [0.25, 0.3) is 0 Å². The molecule has 1 rings (SSSR count). The molecule has 0 saturated carbocycles. The van der Waals surface area contributed by atoms with Crippen molar-refractivity contribution in [2.24, 2.45) is 5.92 Å². The van der Waals surface area contributed by atoms with Crippen LogP contribution in [0.15, 0.2) is 0 Å². The van der Waals surface area contributed by atoms with E-state index in [-0.39, 0.29) is 0 Å². The molecule has 3 heteroatoms. The van der Waals surface area contributed by atoms with Crippen LogP contribution in [0.5, 0.6) is 0 Å².